The number of nitrogen functional groups attached to an aromatic ring is 1. The second kappa shape index (κ2) is 5.01. The van der Waals surface area contributed by atoms with Crippen molar-refractivity contribution in [3.8, 4) is 5.75 Å². The largest absolute Gasteiger partial charge is 0.489 e. The number of rotatable bonds is 5. The zero-order chi connectivity index (χ0) is 12.3. The molecule has 92 valence electrons. The summed E-state index contributed by atoms with van der Waals surface area (Å²) in [6, 6.07) is 3.46. The summed E-state index contributed by atoms with van der Waals surface area (Å²) in [4.78, 5) is 0. The Kier molecular flexibility index (Phi) is 3.43. The van der Waals surface area contributed by atoms with Crippen molar-refractivity contribution in [2.75, 3.05) is 18.9 Å². The molecule has 0 fully saturated rings. The number of nitrogens with two attached hydrogens (primary N) is 1. The van der Waals surface area contributed by atoms with Gasteiger partial charge in [0.25, 0.3) is 0 Å². The lowest BCUT2D eigenvalue weighted by molar-refractivity contribution is 0.0555. The Balaban J connectivity index is 2.04. The number of hydrogen-bond donors (Lipinski definition) is 1. The summed E-state index contributed by atoms with van der Waals surface area (Å²) in [6.07, 6.45) is 0.193. The van der Waals surface area contributed by atoms with Crippen LogP contribution < -0.4 is 10.5 Å². The molecule has 1 aromatic carbocycles. The fourth-order valence-electron chi connectivity index (χ4n) is 1.41. The maximum absolute atomic E-state index is 5.72. The zero-order valence-electron chi connectivity index (χ0n) is 9.84. The average molecular weight is 237 g/mol. The highest BCUT2D eigenvalue weighted by atomic mass is 16.6. The van der Waals surface area contributed by atoms with E-state index in [-0.39, 0.29) is 6.10 Å². The van der Waals surface area contributed by atoms with E-state index in [0.29, 0.717) is 35.7 Å². The minimum absolute atomic E-state index is 0.193. The van der Waals surface area contributed by atoms with Crippen LogP contribution in [0.2, 0.25) is 0 Å². The van der Waals surface area contributed by atoms with Crippen LogP contribution in [-0.4, -0.2) is 29.6 Å². The van der Waals surface area contributed by atoms with Crippen LogP contribution in [0.4, 0.5) is 5.69 Å². The van der Waals surface area contributed by atoms with Gasteiger partial charge in [-0.15, -0.1) is 0 Å². The Morgan fingerprint density at radius 2 is 2.00 bits per heavy atom. The number of aromatic nitrogens is 2. The highest BCUT2D eigenvalue weighted by Gasteiger charge is 2.10. The molecule has 0 bridgehead atoms. The van der Waals surface area contributed by atoms with Crippen molar-refractivity contribution in [3.63, 3.8) is 0 Å². The Hall–Kier alpha value is -1.82. The molecule has 0 aliphatic rings. The molecule has 2 N–H and O–H groups in total. The van der Waals surface area contributed by atoms with Crippen LogP contribution in [0, 0.1) is 0 Å². The number of ether oxygens (including phenoxy) is 2. The quantitative estimate of drug-likeness (QED) is 0.628. The summed E-state index contributed by atoms with van der Waals surface area (Å²) in [6.45, 7) is 4.92. The third-order valence-electron chi connectivity index (χ3n) is 2.20. The van der Waals surface area contributed by atoms with Gasteiger partial charge in [0.1, 0.15) is 6.61 Å². The summed E-state index contributed by atoms with van der Waals surface area (Å²) in [5.74, 6) is 0.600. The standard InChI is InChI=1S/C11H15N3O3/c1-7(2)15-5-6-16-9-4-3-8(12)10-11(9)14-17-13-10/h3-4,7H,5-6,12H2,1-2H3. The first kappa shape index (κ1) is 11.7. The van der Waals surface area contributed by atoms with Gasteiger partial charge in [0.15, 0.2) is 16.8 Å². The molecule has 1 heterocycles. The van der Waals surface area contributed by atoms with Gasteiger partial charge in [0, 0.05) is 0 Å². The molecule has 0 saturated carbocycles. The molecule has 2 rings (SSSR count). The van der Waals surface area contributed by atoms with E-state index in [1.807, 2.05) is 13.8 Å². The lowest BCUT2D eigenvalue weighted by atomic mass is 10.2. The van der Waals surface area contributed by atoms with Crippen LogP contribution in [0.15, 0.2) is 16.8 Å². The van der Waals surface area contributed by atoms with Crippen molar-refractivity contribution in [1.82, 2.24) is 10.3 Å². The molecule has 0 spiro atoms. The Bertz CT molecular complexity index is 496. The van der Waals surface area contributed by atoms with Crippen molar-refractivity contribution < 1.29 is 14.1 Å². The van der Waals surface area contributed by atoms with Gasteiger partial charge in [-0.1, -0.05) is 0 Å². The van der Waals surface area contributed by atoms with Crippen LogP contribution in [0.25, 0.3) is 11.0 Å². The molecule has 0 aliphatic heterocycles. The SMILES string of the molecule is CC(C)OCCOc1ccc(N)c2nonc12. The third-order valence-corrected chi connectivity index (χ3v) is 2.20. The first-order valence-corrected chi connectivity index (χ1v) is 5.43. The van der Waals surface area contributed by atoms with Gasteiger partial charge in [-0.05, 0) is 36.3 Å². The molecule has 0 atom stereocenters. The van der Waals surface area contributed by atoms with Crippen LogP contribution in [0.1, 0.15) is 13.8 Å². The van der Waals surface area contributed by atoms with Gasteiger partial charge in [-0.25, -0.2) is 4.63 Å². The maximum atomic E-state index is 5.72. The molecule has 0 unspecified atom stereocenters. The monoisotopic (exact) mass is 237 g/mol. The van der Waals surface area contributed by atoms with E-state index in [0.717, 1.165) is 0 Å². The average Bonchev–Trinajstić information content (AvgIpc) is 2.76. The first-order valence-electron chi connectivity index (χ1n) is 5.43. The molecule has 0 saturated heterocycles. The maximum Gasteiger partial charge on any atom is 0.179 e. The number of fused-ring (bicyclic) bond motifs is 1. The minimum atomic E-state index is 0.193. The lowest BCUT2D eigenvalue weighted by Crippen LogP contribution is -2.11. The summed E-state index contributed by atoms with van der Waals surface area (Å²) >= 11 is 0. The molecule has 17 heavy (non-hydrogen) atoms. The van der Waals surface area contributed by atoms with Gasteiger partial charge in [0.05, 0.1) is 18.4 Å². The summed E-state index contributed by atoms with van der Waals surface area (Å²) < 4.78 is 15.6. The highest BCUT2D eigenvalue weighted by molar-refractivity contribution is 5.90. The van der Waals surface area contributed by atoms with Crippen LogP contribution in [0.5, 0.6) is 5.75 Å². The second-order valence-electron chi connectivity index (χ2n) is 3.88. The van der Waals surface area contributed by atoms with E-state index >= 15 is 0 Å². The predicted molar refractivity (Wildman–Crippen MR) is 62.8 cm³/mol. The van der Waals surface area contributed by atoms with Crippen molar-refractivity contribution in [3.05, 3.63) is 12.1 Å². The van der Waals surface area contributed by atoms with E-state index in [2.05, 4.69) is 14.9 Å². The van der Waals surface area contributed by atoms with E-state index in [1.165, 1.54) is 0 Å². The topological polar surface area (TPSA) is 83.4 Å². The Labute approximate surface area is 98.6 Å². The smallest absolute Gasteiger partial charge is 0.179 e. The lowest BCUT2D eigenvalue weighted by Gasteiger charge is -2.09. The van der Waals surface area contributed by atoms with Crippen molar-refractivity contribution in [2.24, 2.45) is 0 Å². The highest BCUT2D eigenvalue weighted by Crippen LogP contribution is 2.26. The molecule has 6 heteroatoms. The number of anilines is 1. The molecule has 6 nitrogen and oxygen atoms in total. The van der Waals surface area contributed by atoms with E-state index in [1.54, 1.807) is 12.1 Å². The minimum Gasteiger partial charge on any atom is -0.489 e. The molecular formula is C11H15N3O3. The first-order chi connectivity index (χ1) is 8.18. The summed E-state index contributed by atoms with van der Waals surface area (Å²) in [5, 5.41) is 7.47. The van der Waals surface area contributed by atoms with E-state index in [9.17, 15) is 0 Å². The normalized spacial score (nSPS) is 11.2. The van der Waals surface area contributed by atoms with Crippen LogP contribution >= 0.6 is 0 Å². The summed E-state index contributed by atoms with van der Waals surface area (Å²) in [5.41, 5.74) is 7.30. The summed E-state index contributed by atoms with van der Waals surface area (Å²) in [7, 11) is 0. The van der Waals surface area contributed by atoms with Crippen LogP contribution in [0.3, 0.4) is 0 Å². The molecular weight excluding hydrogens is 222 g/mol. The number of hydrogen-bond acceptors (Lipinski definition) is 6. The fraction of sp³-hybridized carbons (Fsp3) is 0.455. The van der Waals surface area contributed by atoms with Gasteiger partial charge >= 0.3 is 0 Å². The predicted octanol–water partition coefficient (Wildman–Crippen LogP) is 1.61. The van der Waals surface area contributed by atoms with Crippen molar-refractivity contribution >= 4 is 16.7 Å². The Morgan fingerprint density at radius 3 is 2.76 bits per heavy atom. The van der Waals surface area contributed by atoms with E-state index < -0.39 is 0 Å². The van der Waals surface area contributed by atoms with Gasteiger partial charge in [0.2, 0.25) is 0 Å². The van der Waals surface area contributed by atoms with Crippen molar-refractivity contribution in [1.29, 1.82) is 0 Å². The molecule has 0 radical (unpaired) electrons. The number of nitrogens with zero attached hydrogens (tertiary/aromatic N) is 2. The second-order valence-corrected chi connectivity index (χ2v) is 3.88. The third kappa shape index (κ3) is 2.65. The molecule has 1 aromatic heterocycles. The molecule has 0 amide bonds. The fourth-order valence-corrected chi connectivity index (χ4v) is 1.41. The van der Waals surface area contributed by atoms with Crippen LogP contribution in [-0.2, 0) is 4.74 Å². The van der Waals surface area contributed by atoms with Crippen molar-refractivity contribution in [2.45, 2.75) is 20.0 Å². The zero-order valence-corrected chi connectivity index (χ0v) is 9.84. The molecule has 0 aliphatic carbocycles. The van der Waals surface area contributed by atoms with Gasteiger partial charge < -0.3 is 15.2 Å². The Morgan fingerprint density at radius 1 is 1.24 bits per heavy atom. The number of benzene rings is 1. The van der Waals surface area contributed by atoms with Gasteiger partial charge in [-0.3, -0.25) is 0 Å². The molecule has 2 aromatic rings. The van der Waals surface area contributed by atoms with Gasteiger partial charge in [-0.2, -0.15) is 0 Å². The van der Waals surface area contributed by atoms with E-state index in [4.69, 9.17) is 15.2 Å².